The molecule has 12 heteroatoms. The van der Waals surface area contributed by atoms with Crippen LogP contribution in [-0.4, -0.2) is 53.0 Å². The Morgan fingerprint density at radius 3 is 2.24 bits per heavy atom. The monoisotopic (exact) mass is 588 g/mol. The third-order valence-corrected chi connectivity index (χ3v) is 6.63. The predicted molar refractivity (Wildman–Crippen MR) is 146 cm³/mol. The number of hydrogen-bond donors (Lipinski definition) is 2. The van der Waals surface area contributed by atoms with Crippen LogP contribution >= 0.6 is 15.9 Å². The Labute approximate surface area is 223 Å². The molecule has 2 N–H and O–H groups in total. The van der Waals surface area contributed by atoms with Gasteiger partial charge in [0.25, 0.3) is 11.8 Å². The number of sulfonamides is 1. The minimum atomic E-state index is -3.71. The van der Waals surface area contributed by atoms with Crippen LogP contribution in [0.4, 0.5) is 11.4 Å². The van der Waals surface area contributed by atoms with E-state index >= 15 is 0 Å². The maximum Gasteiger partial charge on any atom is 0.262 e. The average molecular weight is 589 g/mol. The molecule has 0 aromatic heterocycles. The van der Waals surface area contributed by atoms with Crippen LogP contribution < -0.4 is 24.5 Å². The van der Waals surface area contributed by atoms with Gasteiger partial charge in [-0.2, -0.15) is 5.10 Å². The van der Waals surface area contributed by atoms with E-state index in [-0.39, 0.29) is 12.5 Å². The van der Waals surface area contributed by atoms with E-state index in [1.165, 1.54) is 6.21 Å². The molecule has 0 saturated carbocycles. The van der Waals surface area contributed by atoms with Gasteiger partial charge in [-0.3, -0.25) is 13.9 Å². The zero-order chi connectivity index (χ0) is 26.8. The standard InChI is InChI=1S/C25H25BrN4O6S/c1-35-20-13-9-19(10-14-20)28-25(32)17-36-21-11-7-18(8-12-21)15-27-29-24(31)16-30(37(2,33)34)23-6-4-3-5-22(23)26/h3-15H,16-17H2,1-2H3,(H,28,32)(H,29,31)/b27-15-. The summed E-state index contributed by atoms with van der Waals surface area (Å²) in [5, 5.41) is 6.61. The Balaban J connectivity index is 1.49. The van der Waals surface area contributed by atoms with E-state index in [2.05, 4.69) is 31.8 Å². The normalized spacial score (nSPS) is 11.1. The first-order chi connectivity index (χ1) is 17.7. The highest BCUT2D eigenvalue weighted by Gasteiger charge is 2.22. The van der Waals surface area contributed by atoms with E-state index in [1.54, 1.807) is 79.9 Å². The van der Waals surface area contributed by atoms with E-state index in [1.807, 2.05) is 0 Å². The van der Waals surface area contributed by atoms with Gasteiger partial charge in [0.15, 0.2) is 6.61 Å². The number of anilines is 2. The molecular weight excluding hydrogens is 564 g/mol. The Hall–Kier alpha value is -3.90. The van der Waals surface area contributed by atoms with Crippen LogP contribution in [0.25, 0.3) is 0 Å². The molecular formula is C25H25BrN4O6S. The minimum absolute atomic E-state index is 0.177. The van der Waals surface area contributed by atoms with Crippen molar-refractivity contribution in [3.05, 3.63) is 82.8 Å². The minimum Gasteiger partial charge on any atom is -0.497 e. The van der Waals surface area contributed by atoms with Crippen LogP contribution in [0, 0.1) is 0 Å². The summed E-state index contributed by atoms with van der Waals surface area (Å²) < 4.78 is 36.5. The fourth-order valence-corrected chi connectivity index (χ4v) is 4.53. The molecule has 0 fully saturated rings. The van der Waals surface area contributed by atoms with E-state index in [4.69, 9.17) is 9.47 Å². The van der Waals surface area contributed by atoms with Crippen molar-refractivity contribution in [1.29, 1.82) is 0 Å². The molecule has 0 aliphatic carbocycles. The number of ether oxygens (including phenoxy) is 2. The van der Waals surface area contributed by atoms with Gasteiger partial charge in [0.05, 0.1) is 25.3 Å². The second-order valence-electron chi connectivity index (χ2n) is 7.65. The number of benzene rings is 3. The van der Waals surface area contributed by atoms with Crippen molar-refractivity contribution in [2.45, 2.75) is 0 Å². The number of amides is 2. The van der Waals surface area contributed by atoms with Crippen molar-refractivity contribution in [3.8, 4) is 11.5 Å². The van der Waals surface area contributed by atoms with Crippen molar-refractivity contribution >= 4 is 55.4 Å². The molecule has 0 unspecified atom stereocenters. The molecule has 0 heterocycles. The number of carbonyl (C=O) groups is 2. The predicted octanol–water partition coefficient (Wildman–Crippen LogP) is 3.39. The summed E-state index contributed by atoms with van der Waals surface area (Å²) in [5.41, 5.74) is 3.95. The molecule has 194 valence electrons. The summed E-state index contributed by atoms with van der Waals surface area (Å²) in [7, 11) is -2.14. The number of rotatable bonds is 11. The third kappa shape index (κ3) is 8.62. The zero-order valence-electron chi connectivity index (χ0n) is 20.0. The maximum atomic E-state index is 12.3. The summed E-state index contributed by atoms with van der Waals surface area (Å²) in [6, 6.07) is 20.3. The number of nitrogens with zero attached hydrogens (tertiary/aromatic N) is 2. The summed E-state index contributed by atoms with van der Waals surface area (Å²) in [5.74, 6) is 0.237. The lowest BCUT2D eigenvalue weighted by atomic mass is 10.2. The molecule has 37 heavy (non-hydrogen) atoms. The topological polar surface area (TPSA) is 126 Å². The maximum absolute atomic E-state index is 12.3. The first-order valence-electron chi connectivity index (χ1n) is 10.9. The molecule has 10 nitrogen and oxygen atoms in total. The molecule has 0 bridgehead atoms. The van der Waals surface area contributed by atoms with Crippen LogP contribution in [0.5, 0.6) is 11.5 Å². The highest BCUT2D eigenvalue weighted by atomic mass is 79.9. The van der Waals surface area contributed by atoms with Crippen molar-refractivity contribution in [3.63, 3.8) is 0 Å². The van der Waals surface area contributed by atoms with Crippen LogP contribution in [0.1, 0.15) is 5.56 Å². The highest BCUT2D eigenvalue weighted by molar-refractivity contribution is 9.10. The van der Waals surface area contributed by atoms with Crippen LogP contribution in [0.15, 0.2) is 82.4 Å². The number of carbonyl (C=O) groups excluding carboxylic acids is 2. The summed E-state index contributed by atoms with van der Waals surface area (Å²) in [6.45, 7) is -0.617. The number of halogens is 1. The molecule has 0 atom stereocenters. The van der Waals surface area contributed by atoms with Crippen molar-refractivity contribution in [1.82, 2.24) is 5.43 Å². The largest absolute Gasteiger partial charge is 0.497 e. The van der Waals surface area contributed by atoms with Crippen molar-refractivity contribution < 1.29 is 27.5 Å². The van der Waals surface area contributed by atoms with E-state index in [9.17, 15) is 18.0 Å². The molecule has 3 aromatic rings. The fraction of sp³-hybridized carbons (Fsp3) is 0.160. The number of hydrogen-bond acceptors (Lipinski definition) is 7. The molecule has 0 aliphatic heterocycles. The fourth-order valence-electron chi connectivity index (χ4n) is 3.05. The van der Waals surface area contributed by atoms with Crippen LogP contribution in [0.2, 0.25) is 0 Å². The van der Waals surface area contributed by atoms with Gasteiger partial charge in [-0.25, -0.2) is 13.8 Å². The molecule has 0 saturated heterocycles. The van der Waals surface area contributed by atoms with Gasteiger partial charge in [-0.1, -0.05) is 12.1 Å². The molecule has 0 radical (unpaired) electrons. The molecule has 2 amide bonds. The lowest BCUT2D eigenvalue weighted by Gasteiger charge is -2.22. The van der Waals surface area contributed by atoms with E-state index in [0.29, 0.717) is 32.9 Å². The summed E-state index contributed by atoms with van der Waals surface area (Å²) >= 11 is 3.30. The van der Waals surface area contributed by atoms with E-state index < -0.39 is 22.5 Å². The van der Waals surface area contributed by atoms with Gasteiger partial charge in [-0.05, 0) is 82.2 Å². The average Bonchev–Trinajstić information content (AvgIpc) is 2.87. The smallest absolute Gasteiger partial charge is 0.262 e. The molecule has 3 aromatic carbocycles. The van der Waals surface area contributed by atoms with Crippen LogP contribution in [-0.2, 0) is 19.6 Å². The SMILES string of the molecule is COc1ccc(NC(=O)COc2ccc(/C=N\NC(=O)CN(c3ccccc3Br)S(C)(=O)=O)cc2)cc1. The van der Waals surface area contributed by atoms with Gasteiger partial charge in [0, 0.05) is 10.2 Å². The Morgan fingerprint density at radius 2 is 1.62 bits per heavy atom. The number of nitrogens with one attached hydrogen (secondary N) is 2. The number of methoxy groups -OCH3 is 1. The lowest BCUT2D eigenvalue weighted by molar-refractivity contribution is -0.119. The molecule has 3 rings (SSSR count). The van der Waals surface area contributed by atoms with E-state index in [0.717, 1.165) is 10.6 Å². The number of para-hydroxylation sites is 1. The molecule has 0 aliphatic rings. The first kappa shape index (κ1) is 27.7. The van der Waals surface area contributed by atoms with Crippen LogP contribution in [0.3, 0.4) is 0 Å². The third-order valence-electron chi connectivity index (χ3n) is 4.84. The zero-order valence-corrected chi connectivity index (χ0v) is 22.5. The lowest BCUT2D eigenvalue weighted by Crippen LogP contribution is -2.39. The Bertz CT molecular complexity index is 1360. The number of hydrazone groups is 1. The first-order valence-corrected chi connectivity index (χ1v) is 13.5. The van der Waals surface area contributed by atoms with Gasteiger partial charge in [-0.15, -0.1) is 0 Å². The van der Waals surface area contributed by atoms with Gasteiger partial charge >= 0.3 is 0 Å². The van der Waals surface area contributed by atoms with Gasteiger partial charge in [0.2, 0.25) is 10.0 Å². The summed E-state index contributed by atoms with van der Waals surface area (Å²) in [4.78, 5) is 24.4. The van der Waals surface area contributed by atoms with Crippen molar-refractivity contribution in [2.24, 2.45) is 5.10 Å². The second kappa shape index (κ2) is 12.9. The quantitative estimate of drug-likeness (QED) is 0.261. The Kier molecular flexibility index (Phi) is 9.64. The highest BCUT2D eigenvalue weighted by Crippen LogP contribution is 2.27. The molecule has 0 spiro atoms. The summed E-state index contributed by atoms with van der Waals surface area (Å²) in [6.07, 6.45) is 2.43. The Morgan fingerprint density at radius 1 is 0.973 bits per heavy atom. The van der Waals surface area contributed by atoms with Crippen molar-refractivity contribution in [2.75, 3.05) is 36.1 Å². The van der Waals surface area contributed by atoms with Gasteiger partial charge < -0.3 is 14.8 Å². The van der Waals surface area contributed by atoms with Gasteiger partial charge in [0.1, 0.15) is 18.0 Å². The second-order valence-corrected chi connectivity index (χ2v) is 10.4.